The molecule has 1 aliphatic heterocycles. The van der Waals surface area contributed by atoms with E-state index in [1.807, 2.05) is 13.0 Å². The predicted octanol–water partition coefficient (Wildman–Crippen LogP) is 6.58. The number of fused-ring (bicyclic) bond motifs is 1. The van der Waals surface area contributed by atoms with E-state index in [1.165, 1.54) is 12.0 Å². The number of para-hydroxylation sites is 1. The minimum atomic E-state index is -0.923. The minimum Gasteiger partial charge on any atom is -0.503 e. The van der Waals surface area contributed by atoms with Crippen molar-refractivity contribution < 1.29 is 33.3 Å². The maximum atomic E-state index is 14.0. The molecule has 9 nitrogen and oxygen atoms in total. The molecule has 0 saturated heterocycles. The lowest BCUT2D eigenvalue weighted by Crippen LogP contribution is -2.30. The molecule has 1 aliphatic rings. The SMILES string of the molecule is CCCCCOc1ccc(C2C(C(=O)c3cc4cccc(OC)c4o3)=C(O)C(=O)N2Cc2cccnc2)cc1OCC. The number of methoxy groups -OCH3 is 1. The predicted molar refractivity (Wildman–Crippen MR) is 157 cm³/mol. The van der Waals surface area contributed by atoms with Crippen LogP contribution in [0.4, 0.5) is 0 Å². The summed E-state index contributed by atoms with van der Waals surface area (Å²) in [5.74, 6) is -0.373. The number of benzene rings is 2. The maximum absolute atomic E-state index is 14.0. The highest BCUT2D eigenvalue weighted by Crippen LogP contribution is 2.43. The van der Waals surface area contributed by atoms with Crippen molar-refractivity contribution in [1.29, 1.82) is 0 Å². The molecule has 5 rings (SSSR count). The van der Waals surface area contributed by atoms with Gasteiger partial charge in [-0.25, -0.2) is 0 Å². The van der Waals surface area contributed by atoms with Gasteiger partial charge in [-0.2, -0.15) is 0 Å². The Balaban J connectivity index is 1.57. The molecule has 1 atom stereocenters. The average molecular weight is 571 g/mol. The number of aromatic nitrogens is 1. The van der Waals surface area contributed by atoms with Gasteiger partial charge in [-0.1, -0.05) is 44.0 Å². The van der Waals surface area contributed by atoms with Crippen LogP contribution in [-0.4, -0.2) is 47.0 Å². The number of aliphatic hydroxyl groups is 1. The van der Waals surface area contributed by atoms with Crippen LogP contribution < -0.4 is 14.2 Å². The van der Waals surface area contributed by atoms with Gasteiger partial charge in [0.25, 0.3) is 5.91 Å². The Kier molecular flexibility index (Phi) is 8.76. The summed E-state index contributed by atoms with van der Waals surface area (Å²) in [4.78, 5) is 33.2. The van der Waals surface area contributed by atoms with Crippen molar-refractivity contribution in [2.24, 2.45) is 0 Å². The van der Waals surface area contributed by atoms with Crippen molar-refractivity contribution in [2.45, 2.75) is 45.7 Å². The van der Waals surface area contributed by atoms with Gasteiger partial charge in [0.15, 0.2) is 34.4 Å². The minimum absolute atomic E-state index is 0.0158. The van der Waals surface area contributed by atoms with Crippen LogP contribution in [0, 0.1) is 0 Å². The third-order valence-corrected chi connectivity index (χ3v) is 7.16. The first-order valence-corrected chi connectivity index (χ1v) is 14.1. The van der Waals surface area contributed by atoms with Gasteiger partial charge in [0.1, 0.15) is 0 Å². The molecule has 0 fully saturated rings. The number of Topliss-reactive ketones (excluding diaryl/α,β-unsaturated/α-hetero) is 1. The van der Waals surface area contributed by atoms with Crippen LogP contribution in [0.5, 0.6) is 17.2 Å². The zero-order chi connectivity index (χ0) is 29.6. The highest BCUT2D eigenvalue weighted by atomic mass is 16.5. The number of aliphatic hydroxyl groups excluding tert-OH is 1. The van der Waals surface area contributed by atoms with Crippen molar-refractivity contribution in [3.63, 3.8) is 0 Å². The van der Waals surface area contributed by atoms with Crippen molar-refractivity contribution in [2.75, 3.05) is 20.3 Å². The summed E-state index contributed by atoms with van der Waals surface area (Å²) < 4.78 is 23.2. The Morgan fingerprint density at radius 2 is 1.88 bits per heavy atom. The van der Waals surface area contributed by atoms with E-state index in [9.17, 15) is 14.7 Å². The summed E-state index contributed by atoms with van der Waals surface area (Å²) in [7, 11) is 1.52. The summed E-state index contributed by atoms with van der Waals surface area (Å²) in [6, 6.07) is 14.9. The summed E-state index contributed by atoms with van der Waals surface area (Å²) in [5.41, 5.74) is 1.64. The Morgan fingerprint density at radius 3 is 2.62 bits per heavy atom. The summed E-state index contributed by atoms with van der Waals surface area (Å²) in [6.45, 7) is 5.06. The van der Waals surface area contributed by atoms with E-state index in [4.69, 9.17) is 18.6 Å². The second-order valence-corrected chi connectivity index (χ2v) is 9.97. The first-order valence-electron chi connectivity index (χ1n) is 14.1. The van der Waals surface area contributed by atoms with Gasteiger partial charge in [-0.15, -0.1) is 0 Å². The molecule has 2 aromatic carbocycles. The molecule has 4 aromatic rings. The van der Waals surface area contributed by atoms with E-state index < -0.39 is 23.5 Å². The molecule has 3 heterocycles. The molecule has 9 heteroatoms. The number of pyridine rings is 1. The maximum Gasteiger partial charge on any atom is 0.290 e. The van der Waals surface area contributed by atoms with Gasteiger partial charge >= 0.3 is 0 Å². The standard InChI is InChI=1S/C33H34N2O7/c1-4-6-7-16-41-24-14-13-22(17-26(24)40-5-2)29-28(31(37)33(38)35(29)20-21-10-9-15-34-19-21)30(36)27-18-23-11-8-12-25(39-3)32(23)42-27/h8-15,17-19,29,37H,4-7,16,20H2,1-3H3. The van der Waals surface area contributed by atoms with Crippen LogP contribution in [0.15, 0.2) is 82.7 Å². The molecule has 1 amide bonds. The third-order valence-electron chi connectivity index (χ3n) is 7.16. The van der Waals surface area contributed by atoms with Crippen molar-refractivity contribution in [3.05, 3.63) is 95.2 Å². The first-order chi connectivity index (χ1) is 20.5. The molecule has 0 spiro atoms. The number of ketones is 1. The van der Waals surface area contributed by atoms with Gasteiger partial charge in [-0.05, 0) is 54.8 Å². The van der Waals surface area contributed by atoms with Crippen LogP contribution in [0.3, 0.4) is 0 Å². The monoisotopic (exact) mass is 570 g/mol. The van der Waals surface area contributed by atoms with Crippen molar-refractivity contribution >= 4 is 22.7 Å². The number of hydrogen-bond donors (Lipinski definition) is 1. The molecular weight excluding hydrogens is 536 g/mol. The molecule has 0 bridgehead atoms. The quantitative estimate of drug-likeness (QED) is 0.142. The van der Waals surface area contributed by atoms with Crippen LogP contribution in [0.1, 0.15) is 60.8 Å². The fourth-order valence-corrected chi connectivity index (χ4v) is 5.14. The van der Waals surface area contributed by atoms with E-state index in [2.05, 4.69) is 11.9 Å². The zero-order valence-electron chi connectivity index (χ0n) is 24.0. The number of amides is 1. The smallest absolute Gasteiger partial charge is 0.290 e. The number of carbonyl (C=O) groups excluding carboxylic acids is 2. The van der Waals surface area contributed by atoms with Crippen LogP contribution >= 0.6 is 0 Å². The lowest BCUT2D eigenvalue weighted by molar-refractivity contribution is -0.130. The van der Waals surface area contributed by atoms with E-state index in [0.717, 1.165) is 24.8 Å². The third kappa shape index (κ3) is 5.68. The molecule has 1 unspecified atom stereocenters. The fraction of sp³-hybridized carbons (Fsp3) is 0.303. The lowest BCUT2D eigenvalue weighted by atomic mass is 9.94. The second-order valence-electron chi connectivity index (χ2n) is 9.97. The highest BCUT2D eigenvalue weighted by molar-refractivity contribution is 6.16. The van der Waals surface area contributed by atoms with E-state index in [0.29, 0.717) is 47.0 Å². The topological polar surface area (TPSA) is 111 Å². The van der Waals surface area contributed by atoms with Crippen molar-refractivity contribution in [1.82, 2.24) is 9.88 Å². The highest BCUT2D eigenvalue weighted by Gasteiger charge is 2.45. The average Bonchev–Trinajstić information content (AvgIpc) is 3.55. The number of unbranched alkanes of at least 4 members (excludes halogenated alkanes) is 2. The first kappa shape index (κ1) is 28.7. The molecule has 2 aromatic heterocycles. The Bertz CT molecular complexity index is 1610. The molecule has 218 valence electrons. The Morgan fingerprint density at radius 1 is 1.02 bits per heavy atom. The van der Waals surface area contributed by atoms with Gasteiger partial charge in [0, 0.05) is 24.3 Å². The Labute approximate surface area is 244 Å². The largest absolute Gasteiger partial charge is 0.503 e. The van der Waals surface area contributed by atoms with E-state index in [-0.39, 0.29) is 17.9 Å². The number of furan rings is 1. The molecule has 0 radical (unpaired) electrons. The van der Waals surface area contributed by atoms with E-state index in [1.54, 1.807) is 60.9 Å². The number of rotatable bonds is 13. The molecular formula is C33H34N2O7. The van der Waals surface area contributed by atoms with Crippen LogP contribution in [0.2, 0.25) is 0 Å². The number of hydrogen-bond acceptors (Lipinski definition) is 8. The lowest BCUT2D eigenvalue weighted by Gasteiger charge is -2.27. The number of ether oxygens (including phenoxy) is 3. The van der Waals surface area contributed by atoms with Crippen LogP contribution in [-0.2, 0) is 11.3 Å². The number of nitrogens with zero attached hydrogens (tertiary/aromatic N) is 2. The van der Waals surface area contributed by atoms with E-state index >= 15 is 0 Å². The zero-order valence-corrected chi connectivity index (χ0v) is 24.0. The van der Waals surface area contributed by atoms with Gasteiger partial charge in [-0.3, -0.25) is 14.6 Å². The number of carbonyl (C=O) groups is 2. The van der Waals surface area contributed by atoms with Crippen LogP contribution in [0.25, 0.3) is 11.0 Å². The van der Waals surface area contributed by atoms with Gasteiger partial charge < -0.3 is 28.6 Å². The van der Waals surface area contributed by atoms with Gasteiger partial charge in [0.2, 0.25) is 5.78 Å². The molecule has 0 saturated carbocycles. The second kappa shape index (κ2) is 12.8. The summed E-state index contributed by atoms with van der Waals surface area (Å²) in [6.07, 6.45) is 6.33. The van der Waals surface area contributed by atoms with Crippen molar-refractivity contribution in [3.8, 4) is 17.2 Å². The summed E-state index contributed by atoms with van der Waals surface area (Å²) in [5, 5.41) is 11.8. The normalized spacial score (nSPS) is 15.0. The molecule has 42 heavy (non-hydrogen) atoms. The van der Waals surface area contributed by atoms with Gasteiger partial charge in [0.05, 0.1) is 31.9 Å². The Hall–Kier alpha value is -4.79. The molecule has 1 N–H and O–H groups in total. The molecule has 0 aliphatic carbocycles. The fourth-order valence-electron chi connectivity index (χ4n) is 5.14. The summed E-state index contributed by atoms with van der Waals surface area (Å²) >= 11 is 0.